The molecule has 1 aromatic heterocycles. The predicted molar refractivity (Wildman–Crippen MR) is 128 cm³/mol. The van der Waals surface area contributed by atoms with Gasteiger partial charge in [-0.3, -0.25) is 4.79 Å². The number of fused-ring (bicyclic) bond motifs is 5. The number of nitrogens with zero attached hydrogens (tertiary/aromatic N) is 2. The van der Waals surface area contributed by atoms with Gasteiger partial charge in [-0.15, -0.1) is 0 Å². The van der Waals surface area contributed by atoms with Gasteiger partial charge in [0.2, 0.25) is 0 Å². The van der Waals surface area contributed by atoms with Crippen molar-refractivity contribution in [2.75, 3.05) is 26.7 Å². The molecule has 170 valence electrons. The van der Waals surface area contributed by atoms with E-state index < -0.39 is 0 Å². The number of aromatic nitrogens is 1. The molecular weight excluding hydrogens is 402 g/mol. The lowest BCUT2D eigenvalue weighted by Gasteiger charge is -2.33. The minimum Gasteiger partial charge on any atom is -0.394 e. The van der Waals surface area contributed by atoms with Crippen molar-refractivity contribution in [3.8, 4) is 11.1 Å². The van der Waals surface area contributed by atoms with Crippen LogP contribution in [0.25, 0.3) is 22.0 Å². The molecule has 2 N–H and O–H groups in total. The second-order valence-electron chi connectivity index (χ2n) is 8.83. The zero-order valence-corrected chi connectivity index (χ0v) is 19.3. The molecule has 0 unspecified atom stereocenters. The maximum atomic E-state index is 14.1. The van der Waals surface area contributed by atoms with Gasteiger partial charge in [-0.25, -0.2) is 0 Å². The number of hydrogen-bond donors (Lipinski definition) is 2. The summed E-state index contributed by atoms with van der Waals surface area (Å²) in [4.78, 5) is 15.9. The summed E-state index contributed by atoms with van der Waals surface area (Å²) < 4.78 is 8.41. The number of carbonyl (C=O) groups excluding carboxylic acids is 1. The van der Waals surface area contributed by atoms with Crippen molar-refractivity contribution < 1.29 is 14.6 Å². The number of ether oxygens (including phenoxy) is 1. The van der Waals surface area contributed by atoms with Gasteiger partial charge in [-0.05, 0) is 31.2 Å². The van der Waals surface area contributed by atoms with E-state index in [-0.39, 0.29) is 30.6 Å². The maximum Gasteiger partial charge on any atom is 0.271 e. The molecule has 6 nitrogen and oxygen atoms in total. The third kappa shape index (κ3) is 3.94. The van der Waals surface area contributed by atoms with Crippen LogP contribution in [-0.2, 0) is 18.4 Å². The van der Waals surface area contributed by atoms with E-state index in [1.54, 1.807) is 0 Å². The second-order valence-corrected chi connectivity index (χ2v) is 8.83. The van der Waals surface area contributed by atoms with Crippen LogP contribution in [0.3, 0.4) is 0 Å². The van der Waals surface area contributed by atoms with Crippen molar-refractivity contribution in [1.29, 1.82) is 0 Å². The number of aryl methyl sites for hydroxylation is 1. The first-order chi connectivity index (χ1) is 15.5. The third-order valence-corrected chi connectivity index (χ3v) is 6.63. The highest BCUT2D eigenvalue weighted by atomic mass is 16.5. The first kappa shape index (κ1) is 22.5. The molecule has 32 heavy (non-hydrogen) atoms. The smallest absolute Gasteiger partial charge is 0.271 e. The highest BCUT2D eigenvalue weighted by Gasteiger charge is 2.33. The van der Waals surface area contributed by atoms with Gasteiger partial charge in [-0.2, -0.15) is 0 Å². The van der Waals surface area contributed by atoms with Crippen LogP contribution in [0.15, 0.2) is 48.5 Å². The van der Waals surface area contributed by atoms with E-state index in [9.17, 15) is 9.90 Å². The molecule has 0 spiro atoms. The number of hydrogen-bond acceptors (Lipinski definition) is 4. The number of para-hydroxylation sites is 1. The average molecular weight is 436 g/mol. The summed E-state index contributed by atoms with van der Waals surface area (Å²) in [5.74, 6) is 0.0239. The Morgan fingerprint density at radius 1 is 1.19 bits per heavy atom. The highest BCUT2D eigenvalue weighted by Crippen LogP contribution is 2.38. The molecular formula is C26H33N3O3. The lowest BCUT2D eigenvalue weighted by molar-refractivity contribution is -0.00658. The number of carbonyl (C=O) groups is 1. The second kappa shape index (κ2) is 9.45. The summed E-state index contributed by atoms with van der Waals surface area (Å²) in [5, 5.41) is 14.2. The Morgan fingerprint density at radius 2 is 1.91 bits per heavy atom. The molecule has 3 atom stereocenters. The standard InChI is InChI=1S/C26H33N3O3/c1-17-14-29(18(2)15-30)26(31)25-24(21-11-7-8-12-22(21)28(25)4)20-10-6-5-9-19(20)16-32-23(17)13-27-3/h5-12,17-18,23,27,30H,13-16H2,1-4H3/t17-,18+,23-/m1/s1. The Kier molecular flexibility index (Phi) is 6.65. The largest absolute Gasteiger partial charge is 0.394 e. The number of amides is 1. The molecule has 2 aromatic carbocycles. The minimum atomic E-state index is -0.304. The maximum absolute atomic E-state index is 14.1. The Balaban J connectivity index is 1.99. The van der Waals surface area contributed by atoms with Crippen LogP contribution in [0.1, 0.15) is 29.9 Å². The molecule has 6 heteroatoms. The van der Waals surface area contributed by atoms with Gasteiger partial charge in [-0.1, -0.05) is 49.4 Å². The molecule has 1 amide bonds. The Bertz CT molecular complexity index is 1110. The first-order valence-corrected chi connectivity index (χ1v) is 11.3. The van der Waals surface area contributed by atoms with Gasteiger partial charge in [0.1, 0.15) is 5.69 Å². The topological polar surface area (TPSA) is 66.7 Å². The molecule has 4 rings (SSSR count). The number of likely N-dealkylation sites (N-methyl/N-ethyl adjacent to an activating group) is 1. The van der Waals surface area contributed by atoms with E-state index in [2.05, 4.69) is 30.4 Å². The molecule has 1 aliphatic heterocycles. The zero-order valence-electron chi connectivity index (χ0n) is 19.3. The van der Waals surface area contributed by atoms with Gasteiger partial charge < -0.3 is 24.6 Å². The quantitative estimate of drug-likeness (QED) is 0.659. The summed E-state index contributed by atoms with van der Waals surface area (Å²) in [6, 6.07) is 16.0. The molecule has 0 saturated carbocycles. The lowest BCUT2D eigenvalue weighted by atomic mass is 9.96. The van der Waals surface area contributed by atoms with E-state index in [4.69, 9.17) is 4.74 Å². The van der Waals surface area contributed by atoms with Crippen molar-refractivity contribution in [2.45, 2.75) is 32.6 Å². The lowest BCUT2D eigenvalue weighted by Crippen LogP contribution is -2.47. The monoisotopic (exact) mass is 435 g/mol. The highest BCUT2D eigenvalue weighted by molar-refractivity contribution is 6.10. The van der Waals surface area contributed by atoms with E-state index >= 15 is 0 Å². The van der Waals surface area contributed by atoms with Crippen molar-refractivity contribution in [3.05, 3.63) is 59.8 Å². The van der Waals surface area contributed by atoms with Gasteiger partial charge in [0.25, 0.3) is 5.91 Å². The van der Waals surface area contributed by atoms with Crippen molar-refractivity contribution >= 4 is 16.8 Å². The zero-order chi connectivity index (χ0) is 22.8. The molecule has 0 radical (unpaired) electrons. The van der Waals surface area contributed by atoms with Crippen molar-refractivity contribution in [1.82, 2.24) is 14.8 Å². The molecule has 0 fully saturated rings. The number of aliphatic hydroxyl groups excluding tert-OH is 1. The van der Waals surface area contributed by atoms with Crippen LogP contribution < -0.4 is 5.32 Å². The Labute approximate surface area is 189 Å². The summed E-state index contributed by atoms with van der Waals surface area (Å²) in [7, 11) is 3.86. The average Bonchev–Trinajstić information content (AvgIpc) is 3.10. The third-order valence-electron chi connectivity index (χ3n) is 6.63. The number of nitrogens with one attached hydrogen (secondary N) is 1. The van der Waals surface area contributed by atoms with Crippen LogP contribution in [0.5, 0.6) is 0 Å². The minimum absolute atomic E-state index is 0.0628. The van der Waals surface area contributed by atoms with Gasteiger partial charge in [0.05, 0.1) is 25.4 Å². The van der Waals surface area contributed by atoms with Crippen LogP contribution in [0, 0.1) is 5.92 Å². The molecule has 3 aromatic rings. The summed E-state index contributed by atoms with van der Waals surface area (Å²) in [6.07, 6.45) is -0.0628. The summed E-state index contributed by atoms with van der Waals surface area (Å²) in [6.45, 7) is 5.58. The molecule has 0 aliphatic carbocycles. The fourth-order valence-corrected chi connectivity index (χ4v) is 4.75. The molecule has 0 bridgehead atoms. The normalized spacial score (nSPS) is 20.5. The van der Waals surface area contributed by atoms with Gasteiger partial charge >= 0.3 is 0 Å². The Hall–Kier alpha value is -2.67. The number of aliphatic hydroxyl groups is 1. The molecule has 1 aliphatic rings. The van der Waals surface area contributed by atoms with Gasteiger partial charge in [0, 0.05) is 42.5 Å². The van der Waals surface area contributed by atoms with E-state index in [0.29, 0.717) is 25.4 Å². The number of benzene rings is 2. The van der Waals surface area contributed by atoms with E-state index in [0.717, 1.165) is 27.6 Å². The van der Waals surface area contributed by atoms with E-state index in [1.807, 2.05) is 60.8 Å². The van der Waals surface area contributed by atoms with Crippen LogP contribution in [0.2, 0.25) is 0 Å². The van der Waals surface area contributed by atoms with Crippen molar-refractivity contribution in [3.63, 3.8) is 0 Å². The SMILES string of the molecule is CNC[C@H]1OCc2ccccc2-c2c(n(C)c3ccccc23)C(=O)N([C@@H](C)CO)C[C@H]1C. The molecule has 0 saturated heterocycles. The van der Waals surface area contributed by atoms with Crippen LogP contribution >= 0.6 is 0 Å². The van der Waals surface area contributed by atoms with Crippen LogP contribution in [0.4, 0.5) is 0 Å². The number of rotatable bonds is 4. The fraction of sp³-hybridized carbons (Fsp3) is 0.423. The van der Waals surface area contributed by atoms with Crippen molar-refractivity contribution in [2.24, 2.45) is 13.0 Å². The predicted octanol–water partition coefficient (Wildman–Crippen LogP) is 3.42. The summed E-state index contributed by atoms with van der Waals surface area (Å²) >= 11 is 0. The van der Waals surface area contributed by atoms with E-state index in [1.165, 1.54) is 0 Å². The summed E-state index contributed by atoms with van der Waals surface area (Å²) in [5.41, 5.74) is 4.67. The molecule has 2 heterocycles. The first-order valence-electron chi connectivity index (χ1n) is 11.3. The van der Waals surface area contributed by atoms with Crippen LogP contribution in [-0.4, -0.2) is 59.4 Å². The Morgan fingerprint density at radius 3 is 2.66 bits per heavy atom. The van der Waals surface area contributed by atoms with Gasteiger partial charge in [0.15, 0.2) is 0 Å². The fourth-order valence-electron chi connectivity index (χ4n) is 4.75.